The van der Waals surface area contributed by atoms with Crippen LogP contribution in [0.1, 0.15) is 47.2 Å². The second-order valence-electron chi connectivity index (χ2n) is 6.80. The first-order valence-electron chi connectivity index (χ1n) is 7.94. The van der Waals surface area contributed by atoms with Crippen LogP contribution in [-0.2, 0) is 0 Å². The fraction of sp³-hybridized carbons (Fsp3) is 0.611. The highest BCUT2D eigenvalue weighted by atomic mass is 16.1. The molecular weight excluding hydrogens is 246 g/mol. The minimum atomic E-state index is 0.286. The van der Waals surface area contributed by atoms with Crippen LogP contribution in [0.25, 0.3) is 0 Å². The summed E-state index contributed by atoms with van der Waals surface area (Å²) in [6.07, 6.45) is 5.44. The van der Waals surface area contributed by atoms with E-state index in [2.05, 4.69) is 24.8 Å². The van der Waals surface area contributed by atoms with E-state index in [-0.39, 0.29) is 5.78 Å². The van der Waals surface area contributed by atoms with Crippen molar-refractivity contribution in [2.45, 2.75) is 39.5 Å². The Balaban J connectivity index is 1.62. The van der Waals surface area contributed by atoms with Gasteiger partial charge >= 0.3 is 0 Å². The summed E-state index contributed by atoms with van der Waals surface area (Å²) in [4.78, 5) is 14.9. The maximum Gasteiger partial charge on any atom is 0.176 e. The molecule has 0 unspecified atom stereocenters. The Hall–Kier alpha value is -1.15. The molecule has 108 valence electrons. The lowest BCUT2D eigenvalue weighted by Gasteiger charge is -2.21. The molecule has 0 N–H and O–H groups in total. The van der Waals surface area contributed by atoms with Gasteiger partial charge in [-0.1, -0.05) is 12.1 Å². The Morgan fingerprint density at radius 2 is 1.65 bits per heavy atom. The predicted molar refractivity (Wildman–Crippen MR) is 82.1 cm³/mol. The number of benzene rings is 1. The Bertz CT molecular complexity index is 486. The van der Waals surface area contributed by atoms with Crippen molar-refractivity contribution in [1.82, 2.24) is 4.90 Å². The number of carbonyl (C=O) groups excluding carboxylic acids is 1. The highest BCUT2D eigenvalue weighted by Crippen LogP contribution is 2.33. The summed E-state index contributed by atoms with van der Waals surface area (Å²) in [7, 11) is 0. The molecule has 0 atom stereocenters. The van der Waals surface area contributed by atoms with E-state index in [0.717, 1.165) is 30.5 Å². The molecule has 0 bridgehead atoms. The number of Topliss-reactive ketones (excluding diaryl/α,β-unsaturated/α-hetero) is 1. The van der Waals surface area contributed by atoms with Gasteiger partial charge in [-0.3, -0.25) is 9.69 Å². The third-order valence-corrected chi connectivity index (χ3v) is 4.62. The van der Waals surface area contributed by atoms with E-state index >= 15 is 0 Å². The van der Waals surface area contributed by atoms with Crippen LogP contribution in [0.15, 0.2) is 18.2 Å². The molecule has 1 aromatic rings. The maximum atomic E-state index is 12.5. The quantitative estimate of drug-likeness (QED) is 0.706. The molecule has 0 spiro atoms. The maximum absolute atomic E-state index is 12.5. The van der Waals surface area contributed by atoms with Gasteiger partial charge in [0.2, 0.25) is 0 Å². The summed E-state index contributed by atoms with van der Waals surface area (Å²) in [5, 5.41) is 0. The van der Waals surface area contributed by atoms with Gasteiger partial charge in [0.05, 0.1) is 6.54 Å². The molecule has 0 saturated heterocycles. The lowest BCUT2D eigenvalue weighted by molar-refractivity contribution is 0.0923. The first kappa shape index (κ1) is 13.8. The summed E-state index contributed by atoms with van der Waals surface area (Å²) in [6.45, 7) is 7.05. The van der Waals surface area contributed by atoms with E-state index < -0.39 is 0 Å². The normalized spacial score (nSPS) is 18.6. The largest absolute Gasteiger partial charge is 0.295 e. The average Bonchev–Trinajstić information content (AvgIpc) is 3.28. The van der Waals surface area contributed by atoms with Crippen molar-refractivity contribution in [1.29, 1.82) is 0 Å². The first-order chi connectivity index (χ1) is 9.61. The smallest absolute Gasteiger partial charge is 0.176 e. The van der Waals surface area contributed by atoms with E-state index in [1.54, 1.807) is 0 Å². The van der Waals surface area contributed by atoms with E-state index in [1.165, 1.54) is 36.8 Å². The number of carbonyl (C=O) groups is 1. The minimum Gasteiger partial charge on any atom is -0.295 e. The Morgan fingerprint density at radius 3 is 2.15 bits per heavy atom. The van der Waals surface area contributed by atoms with Crippen LogP contribution in [0.3, 0.4) is 0 Å². The molecular formula is C18H25NO. The topological polar surface area (TPSA) is 20.3 Å². The van der Waals surface area contributed by atoms with Gasteiger partial charge in [0.25, 0.3) is 0 Å². The van der Waals surface area contributed by atoms with Crippen molar-refractivity contribution in [2.75, 3.05) is 19.6 Å². The molecule has 0 radical (unpaired) electrons. The second-order valence-corrected chi connectivity index (χ2v) is 6.80. The van der Waals surface area contributed by atoms with Gasteiger partial charge in [-0.05, 0) is 68.6 Å². The van der Waals surface area contributed by atoms with Gasteiger partial charge in [0.15, 0.2) is 5.78 Å². The van der Waals surface area contributed by atoms with Crippen molar-refractivity contribution < 1.29 is 4.79 Å². The SMILES string of the molecule is Cc1ccc(C(=O)CN(CC2CC2)CC2CC2)cc1C. The van der Waals surface area contributed by atoms with Gasteiger partial charge < -0.3 is 0 Å². The summed E-state index contributed by atoms with van der Waals surface area (Å²) < 4.78 is 0. The van der Waals surface area contributed by atoms with Crippen LogP contribution in [-0.4, -0.2) is 30.3 Å². The fourth-order valence-corrected chi connectivity index (χ4v) is 2.74. The Morgan fingerprint density at radius 1 is 1.05 bits per heavy atom. The number of aryl methyl sites for hydroxylation is 2. The third-order valence-electron chi connectivity index (χ3n) is 4.62. The highest BCUT2D eigenvalue weighted by molar-refractivity contribution is 5.97. The van der Waals surface area contributed by atoms with E-state index in [1.807, 2.05) is 12.1 Å². The minimum absolute atomic E-state index is 0.286. The molecule has 0 aliphatic heterocycles. The molecule has 2 fully saturated rings. The summed E-state index contributed by atoms with van der Waals surface area (Å²) in [5.74, 6) is 2.01. The molecule has 2 nitrogen and oxygen atoms in total. The molecule has 2 aliphatic rings. The summed E-state index contributed by atoms with van der Waals surface area (Å²) in [5.41, 5.74) is 3.35. The van der Waals surface area contributed by atoms with Gasteiger partial charge in [-0.15, -0.1) is 0 Å². The van der Waals surface area contributed by atoms with Gasteiger partial charge in [-0.25, -0.2) is 0 Å². The molecule has 3 rings (SSSR count). The summed E-state index contributed by atoms with van der Waals surface area (Å²) in [6, 6.07) is 6.09. The summed E-state index contributed by atoms with van der Waals surface area (Å²) >= 11 is 0. The van der Waals surface area contributed by atoms with Gasteiger partial charge in [0.1, 0.15) is 0 Å². The lowest BCUT2D eigenvalue weighted by Crippen LogP contribution is -2.33. The van der Waals surface area contributed by atoms with Crippen molar-refractivity contribution in [2.24, 2.45) is 11.8 Å². The van der Waals surface area contributed by atoms with Crippen molar-refractivity contribution in [3.8, 4) is 0 Å². The number of ketones is 1. The van der Waals surface area contributed by atoms with Crippen molar-refractivity contribution in [3.63, 3.8) is 0 Å². The van der Waals surface area contributed by atoms with E-state index in [0.29, 0.717) is 6.54 Å². The fourth-order valence-electron chi connectivity index (χ4n) is 2.74. The predicted octanol–water partition coefficient (Wildman–Crippen LogP) is 3.61. The zero-order chi connectivity index (χ0) is 14.1. The Labute approximate surface area is 122 Å². The van der Waals surface area contributed by atoms with Crippen LogP contribution in [0.4, 0.5) is 0 Å². The number of hydrogen-bond donors (Lipinski definition) is 0. The lowest BCUT2D eigenvalue weighted by atomic mass is 10.0. The van der Waals surface area contributed by atoms with Crippen LogP contribution < -0.4 is 0 Å². The van der Waals surface area contributed by atoms with Gasteiger partial charge in [-0.2, -0.15) is 0 Å². The Kier molecular flexibility index (Phi) is 3.93. The molecule has 0 amide bonds. The van der Waals surface area contributed by atoms with Crippen LogP contribution in [0.5, 0.6) is 0 Å². The van der Waals surface area contributed by atoms with Crippen molar-refractivity contribution >= 4 is 5.78 Å². The molecule has 1 aromatic carbocycles. The van der Waals surface area contributed by atoms with Crippen LogP contribution in [0.2, 0.25) is 0 Å². The van der Waals surface area contributed by atoms with E-state index in [4.69, 9.17) is 0 Å². The number of hydrogen-bond acceptors (Lipinski definition) is 2. The molecule has 20 heavy (non-hydrogen) atoms. The van der Waals surface area contributed by atoms with Crippen LogP contribution >= 0.6 is 0 Å². The monoisotopic (exact) mass is 271 g/mol. The molecule has 2 heteroatoms. The van der Waals surface area contributed by atoms with E-state index in [9.17, 15) is 4.79 Å². The molecule has 2 aliphatic carbocycles. The first-order valence-corrected chi connectivity index (χ1v) is 7.94. The number of rotatable bonds is 7. The number of nitrogens with zero attached hydrogens (tertiary/aromatic N) is 1. The molecule has 2 saturated carbocycles. The van der Waals surface area contributed by atoms with Crippen LogP contribution in [0, 0.1) is 25.7 Å². The second kappa shape index (κ2) is 5.69. The average molecular weight is 271 g/mol. The highest BCUT2D eigenvalue weighted by Gasteiger charge is 2.30. The molecule has 0 aromatic heterocycles. The van der Waals surface area contributed by atoms with Crippen molar-refractivity contribution in [3.05, 3.63) is 34.9 Å². The standard InChI is InChI=1S/C18H25NO/c1-13-3-8-17(9-14(13)2)18(20)12-19(10-15-4-5-15)11-16-6-7-16/h3,8-9,15-16H,4-7,10-12H2,1-2H3. The molecule has 0 heterocycles. The zero-order valence-corrected chi connectivity index (χ0v) is 12.7. The zero-order valence-electron chi connectivity index (χ0n) is 12.7. The third kappa shape index (κ3) is 3.69. The van der Waals surface area contributed by atoms with Gasteiger partial charge in [0, 0.05) is 18.7 Å².